The zero-order valence-corrected chi connectivity index (χ0v) is 7.55. The van der Waals surface area contributed by atoms with Crippen molar-refractivity contribution in [3.05, 3.63) is 0 Å². The largest absolute Gasteiger partial charge is 0.395 e. The van der Waals surface area contributed by atoms with E-state index < -0.39 is 5.92 Å². The summed E-state index contributed by atoms with van der Waals surface area (Å²) in [4.78, 5) is 2.05. The van der Waals surface area contributed by atoms with Crippen LogP contribution in [0.1, 0.15) is 25.7 Å². The summed E-state index contributed by atoms with van der Waals surface area (Å²) >= 11 is 0. The van der Waals surface area contributed by atoms with Gasteiger partial charge in [0.2, 0.25) is 0 Å². The molecule has 0 amide bonds. The fourth-order valence-corrected chi connectivity index (χ4v) is 2.53. The SMILES string of the molecule is OC[C@@H]1CC[C@H]2CC(F)(F)CCN12. The van der Waals surface area contributed by atoms with Gasteiger partial charge in [-0.2, -0.15) is 0 Å². The minimum Gasteiger partial charge on any atom is -0.395 e. The molecule has 0 saturated carbocycles. The van der Waals surface area contributed by atoms with E-state index >= 15 is 0 Å². The molecule has 0 unspecified atom stereocenters. The van der Waals surface area contributed by atoms with Crippen molar-refractivity contribution in [1.82, 2.24) is 4.90 Å². The van der Waals surface area contributed by atoms with Gasteiger partial charge in [-0.25, -0.2) is 8.78 Å². The number of aliphatic hydroxyl groups excluding tert-OH is 1. The number of rotatable bonds is 1. The zero-order valence-electron chi connectivity index (χ0n) is 7.55. The lowest BCUT2D eigenvalue weighted by atomic mass is 9.99. The summed E-state index contributed by atoms with van der Waals surface area (Å²) in [5, 5.41) is 9.01. The number of piperidine rings is 1. The van der Waals surface area contributed by atoms with Crippen LogP contribution in [-0.2, 0) is 0 Å². The Morgan fingerprint density at radius 1 is 1.38 bits per heavy atom. The molecule has 0 radical (unpaired) electrons. The molecule has 0 spiro atoms. The Bertz CT molecular complexity index is 198. The normalized spacial score (nSPS) is 39.0. The van der Waals surface area contributed by atoms with E-state index in [0.717, 1.165) is 12.8 Å². The highest BCUT2D eigenvalue weighted by atomic mass is 19.3. The molecule has 0 aromatic rings. The van der Waals surface area contributed by atoms with Gasteiger partial charge >= 0.3 is 0 Å². The monoisotopic (exact) mass is 191 g/mol. The highest BCUT2D eigenvalue weighted by molar-refractivity contribution is 4.94. The molecule has 76 valence electrons. The predicted octanol–water partition coefficient (Wildman–Crippen LogP) is 1.24. The first kappa shape index (κ1) is 9.34. The number of fused-ring (bicyclic) bond motifs is 1. The van der Waals surface area contributed by atoms with Crippen LogP contribution in [0.15, 0.2) is 0 Å². The maximum absolute atomic E-state index is 13.0. The quantitative estimate of drug-likeness (QED) is 0.674. The van der Waals surface area contributed by atoms with Crippen LogP contribution in [0.3, 0.4) is 0 Å². The molecule has 0 aliphatic carbocycles. The maximum atomic E-state index is 13.0. The van der Waals surface area contributed by atoms with Gasteiger partial charge in [-0.15, -0.1) is 0 Å². The average Bonchev–Trinajstić information content (AvgIpc) is 2.44. The molecule has 2 heterocycles. The molecule has 0 bridgehead atoms. The van der Waals surface area contributed by atoms with Crippen LogP contribution in [0.5, 0.6) is 0 Å². The molecule has 2 aliphatic rings. The van der Waals surface area contributed by atoms with Gasteiger partial charge in [-0.3, -0.25) is 4.90 Å². The fourth-order valence-electron chi connectivity index (χ4n) is 2.53. The van der Waals surface area contributed by atoms with E-state index in [1.807, 2.05) is 0 Å². The summed E-state index contributed by atoms with van der Waals surface area (Å²) in [6.07, 6.45) is 1.64. The van der Waals surface area contributed by atoms with Crippen molar-refractivity contribution in [1.29, 1.82) is 0 Å². The van der Waals surface area contributed by atoms with Crippen LogP contribution in [0.2, 0.25) is 0 Å². The van der Waals surface area contributed by atoms with Gasteiger partial charge in [0.05, 0.1) is 6.61 Å². The van der Waals surface area contributed by atoms with Gasteiger partial charge in [-0.1, -0.05) is 0 Å². The number of halogens is 2. The molecule has 2 nitrogen and oxygen atoms in total. The highest BCUT2D eigenvalue weighted by Crippen LogP contribution is 2.38. The van der Waals surface area contributed by atoms with E-state index in [1.165, 1.54) is 0 Å². The molecule has 2 rings (SSSR count). The predicted molar refractivity (Wildman–Crippen MR) is 44.8 cm³/mol. The molecule has 2 fully saturated rings. The average molecular weight is 191 g/mol. The molecular formula is C9H15F2NO. The van der Waals surface area contributed by atoms with E-state index in [-0.39, 0.29) is 31.5 Å². The van der Waals surface area contributed by atoms with E-state index in [4.69, 9.17) is 5.11 Å². The van der Waals surface area contributed by atoms with Crippen LogP contribution in [0, 0.1) is 0 Å². The van der Waals surface area contributed by atoms with Crippen molar-refractivity contribution in [3.63, 3.8) is 0 Å². The molecule has 0 aromatic heterocycles. The standard InChI is InChI=1S/C9H15F2NO/c10-9(11)3-4-12-7(5-9)1-2-8(12)6-13/h7-8,13H,1-6H2/t7-,8-/m0/s1. The number of alkyl halides is 2. The van der Waals surface area contributed by atoms with Gasteiger partial charge in [0.1, 0.15) is 0 Å². The maximum Gasteiger partial charge on any atom is 0.250 e. The molecule has 0 aromatic carbocycles. The van der Waals surface area contributed by atoms with Crippen LogP contribution in [0.4, 0.5) is 8.78 Å². The summed E-state index contributed by atoms with van der Waals surface area (Å²) < 4.78 is 26.0. The number of hydrogen-bond donors (Lipinski definition) is 1. The Kier molecular flexibility index (Phi) is 2.28. The second-order valence-electron chi connectivity index (χ2n) is 4.12. The Morgan fingerprint density at radius 3 is 2.85 bits per heavy atom. The van der Waals surface area contributed by atoms with Gasteiger partial charge in [0, 0.05) is 31.5 Å². The lowest BCUT2D eigenvalue weighted by molar-refractivity contribution is -0.0781. The summed E-state index contributed by atoms with van der Waals surface area (Å²) in [5.74, 6) is -2.47. The highest BCUT2D eigenvalue weighted by Gasteiger charge is 2.45. The van der Waals surface area contributed by atoms with Crippen molar-refractivity contribution in [2.75, 3.05) is 13.2 Å². The summed E-state index contributed by atoms with van der Waals surface area (Å²) in [6.45, 7) is 0.560. The molecule has 4 heteroatoms. The van der Waals surface area contributed by atoms with E-state index in [1.54, 1.807) is 0 Å². The number of hydrogen-bond acceptors (Lipinski definition) is 2. The van der Waals surface area contributed by atoms with Crippen molar-refractivity contribution in [2.24, 2.45) is 0 Å². The number of nitrogens with zero attached hydrogens (tertiary/aromatic N) is 1. The minimum atomic E-state index is -2.47. The zero-order chi connectivity index (χ0) is 9.47. The second kappa shape index (κ2) is 3.17. The summed E-state index contributed by atoms with van der Waals surface area (Å²) in [5.41, 5.74) is 0. The van der Waals surface area contributed by atoms with Crippen molar-refractivity contribution in [3.8, 4) is 0 Å². The second-order valence-corrected chi connectivity index (χ2v) is 4.12. The van der Waals surface area contributed by atoms with Gasteiger partial charge in [0.25, 0.3) is 5.92 Å². The Morgan fingerprint density at radius 2 is 2.15 bits per heavy atom. The topological polar surface area (TPSA) is 23.5 Å². The van der Waals surface area contributed by atoms with Crippen LogP contribution >= 0.6 is 0 Å². The van der Waals surface area contributed by atoms with Gasteiger partial charge in [-0.05, 0) is 12.8 Å². The van der Waals surface area contributed by atoms with Crippen molar-refractivity contribution in [2.45, 2.75) is 43.7 Å². The Balaban J connectivity index is 2.02. The van der Waals surface area contributed by atoms with Crippen molar-refractivity contribution >= 4 is 0 Å². The lowest BCUT2D eigenvalue weighted by Gasteiger charge is -2.37. The van der Waals surface area contributed by atoms with Crippen LogP contribution < -0.4 is 0 Å². The molecule has 13 heavy (non-hydrogen) atoms. The Hall–Kier alpha value is -0.220. The summed E-state index contributed by atoms with van der Waals surface area (Å²) in [7, 11) is 0. The molecule has 2 aliphatic heterocycles. The smallest absolute Gasteiger partial charge is 0.250 e. The third-order valence-electron chi connectivity index (χ3n) is 3.25. The fraction of sp³-hybridized carbons (Fsp3) is 1.00. The van der Waals surface area contributed by atoms with E-state index in [9.17, 15) is 8.78 Å². The van der Waals surface area contributed by atoms with Gasteiger partial charge < -0.3 is 5.11 Å². The first-order valence-electron chi connectivity index (χ1n) is 4.87. The Labute approximate surface area is 76.5 Å². The van der Waals surface area contributed by atoms with Crippen LogP contribution in [-0.4, -0.2) is 41.2 Å². The third-order valence-corrected chi connectivity index (χ3v) is 3.25. The first-order chi connectivity index (χ1) is 6.12. The lowest BCUT2D eigenvalue weighted by Crippen LogP contribution is -2.47. The van der Waals surface area contributed by atoms with E-state index in [0.29, 0.717) is 6.54 Å². The molecule has 1 N–H and O–H groups in total. The van der Waals surface area contributed by atoms with Crippen LogP contribution in [0.25, 0.3) is 0 Å². The molecule has 2 atom stereocenters. The third kappa shape index (κ3) is 1.70. The van der Waals surface area contributed by atoms with Crippen molar-refractivity contribution < 1.29 is 13.9 Å². The molecular weight excluding hydrogens is 176 g/mol. The summed E-state index contributed by atoms with van der Waals surface area (Å²) in [6, 6.07) is 0.155. The van der Waals surface area contributed by atoms with Gasteiger partial charge in [0.15, 0.2) is 0 Å². The van der Waals surface area contributed by atoms with E-state index in [2.05, 4.69) is 4.90 Å². The molecule has 2 saturated heterocycles. The number of aliphatic hydroxyl groups is 1. The minimum absolute atomic E-state index is 0.0104. The first-order valence-corrected chi connectivity index (χ1v) is 4.87.